The Morgan fingerprint density at radius 3 is 2.58 bits per heavy atom. The number of benzene rings is 1. The standard InChI is InChI=1S/C29H41N3S/c1-7-10-13-24-15-16-28(30-23(24)5)14-11-17-32(6)31-27(9-3)20-25(12-8-2)26-18-22(4)19-29(33)21-26/h8-9,15-16,18-19,21,25,33H,2-3,7,10-14,17,20H2,1,4-6H3/b31-27+. The first-order valence-electron chi connectivity index (χ1n) is 12.1. The van der Waals surface area contributed by atoms with Gasteiger partial charge in [0.1, 0.15) is 0 Å². The summed E-state index contributed by atoms with van der Waals surface area (Å²) in [6, 6.07) is 10.9. The van der Waals surface area contributed by atoms with Crippen molar-refractivity contribution in [2.75, 3.05) is 13.6 Å². The number of rotatable bonds is 14. The summed E-state index contributed by atoms with van der Waals surface area (Å²) >= 11 is 4.56. The summed E-state index contributed by atoms with van der Waals surface area (Å²) in [6.07, 6.45) is 11.1. The van der Waals surface area contributed by atoms with E-state index in [1.54, 1.807) is 0 Å². The maximum Gasteiger partial charge on any atom is 0.0605 e. The van der Waals surface area contributed by atoms with Gasteiger partial charge in [-0.25, -0.2) is 0 Å². The van der Waals surface area contributed by atoms with Gasteiger partial charge in [0.15, 0.2) is 0 Å². The van der Waals surface area contributed by atoms with Crippen LogP contribution in [0.2, 0.25) is 0 Å². The van der Waals surface area contributed by atoms with Crippen LogP contribution in [0.1, 0.15) is 73.0 Å². The first-order valence-corrected chi connectivity index (χ1v) is 12.6. The van der Waals surface area contributed by atoms with Crippen molar-refractivity contribution >= 4 is 18.3 Å². The number of hydrazone groups is 1. The largest absolute Gasteiger partial charge is 0.300 e. The number of aromatic nitrogens is 1. The number of pyridine rings is 1. The average Bonchev–Trinajstić information content (AvgIpc) is 2.77. The fourth-order valence-electron chi connectivity index (χ4n) is 4.15. The van der Waals surface area contributed by atoms with Gasteiger partial charge in [-0.15, -0.1) is 19.2 Å². The number of nitrogens with zero attached hydrogens (tertiary/aromatic N) is 3. The minimum atomic E-state index is 0.317. The lowest BCUT2D eigenvalue weighted by molar-refractivity contribution is 0.347. The molecule has 0 N–H and O–H groups in total. The fraction of sp³-hybridized carbons (Fsp3) is 0.448. The smallest absolute Gasteiger partial charge is 0.0605 e. The Hall–Kier alpha value is -2.33. The van der Waals surface area contributed by atoms with Crippen molar-refractivity contribution in [3.63, 3.8) is 0 Å². The van der Waals surface area contributed by atoms with Crippen LogP contribution in [0.25, 0.3) is 0 Å². The van der Waals surface area contributed by atoms with Crippen molar-refractivity contribution in [1.29, 1.82) is 0 Å². The Morgan fingerprint density at radius 1 is 1.15 bits per heavy atom. The second kappa shape index (κ2) is 14.0. The minimum Gasteiger partial charge on any atom is -0.300 e. The summed E-state index contributed by atoms with van der Waals surface area (Å²) in [5, 5.41) is 6.87. The number of allylic oxidation sites excluding steroid dienone is 2. The monoisotopic (exact) mass is 463 g/mol. The Kier molecular flexibility index (Phi) is 11.5. The lowest BCUT2D eigenvalue weighted by atomic mass is 9.89. The third-order valence-corrected chi connectivity index (χ3v) is 6.22. The lowest BCUT2D eigenvalue weighted by Crippen LogP contribution is -2.17. The zero-order valence-corrected chi connectivity index (χ0v) is 21.9. The van der Waals surface area contributed by atoms with Gasteiger partial charge in [0, 0.05) is 29.9 Å². The van der Waals surface area contributed by atoms with E-state index in [0.717, 1.165) is 49.3 Å². The molecule has 1 aromatic heterocycles. The first-order chi connectivity index (χ1) is 15.9. The van der Waals surface area contributed by atoms with Gasteiger partial charge in [0.25, 0.3) is 0 Å². The lowest BCUT2D eigenvalue weighted by Gasteiger charge is -2.19. The van der Waals surface area contributed by atoms with Gasteiger partial charge in [-0.3, -0.25) is 9.99 Å². The van der Waals surface area contributed by atoms with Crippen LogP contribution in [-0.2, 0) is 12.8 Å². The highest BCUT2D eigenvalue weighted by molar-refractivity contribution is 7.80. The molecule has 0 amide bonds. The molecule has 0 bridgehead atoms. The maximum absolute atomic E-state index is 4.84. The van der Waals surface area contributed by atoms with E-state index in [9.17, 15) is 0 Å². The molecule has 0 aliphatic carbocycles. The molecule has 0 aliphatic heterocycles. The van der Waals surface area contributed by atoms with Crippen LogP contribution in [-0.4, -0.2) is 29.3 Å². The molecular weight excluding hydrogens is 422 g/mol. The molecule has 1 unspecified atom stereocenters. The molecule has 0 aliphatic rings. The summed E-state index contributed by atoms with van der Waals surface area (Å²) in [4.78, 5) is 5.82. The third-order valence-electron chi connectivity index (χ3n) is 5.96. The summed E-state index contributed by atoms with van der Waals surface area (Å²) < 4.78 is 0. The van der Waals surface area contributed by atoms with Gasteiger partial charge in [-0.05, 0) is 99.3 Å². The highest BCUT2D eigenvalue weighted by Gasteiger charge is 2.14. The summed E-state index contributed by atoms with van der Waals surface area (Å²) in [5.41, 5.74) is 7.23. The molecule has 178 valence electrons. The zero-order chi connectivity index (χ0) is 24.2. The zero-order valence-electron chi connectivity index (χ0n) is 21.0. The molecule has 1 aromatic carbocycles. The van der Waals surface area contributed by atoms with Crippen LogP contribution in [0.5, 0.6) is 0 Å². The van der Waals surface area contributed by atoms with Gasteiger partial charge in [0.2, 0.25) is 0 Å². The minimum absolute atomic E-state index is 0.317. The van der Waals surface area contributed by atoms with E-state index in [2.05, 4.69) is 76.9 Å². The van der Waals surface area contributed by atoms with E-state index in [4.69, 9.17) is 10.1 Å². The molecule has 4 heteroatoms. The quantitative estimate of drug-likeness (QED) is 0.136. The molecule has 2 rings (SSSR count). The Balaban J connectivity index is 1.96. The van der Waals surface area contributed by atoms with E-state index in [-0.39, 0.29) is 0 Å². The van der Waals surface area contributed by atoms with Gasteiger partial charge < -0.3 is 0 Å². The van der Waals surface area contributed by atoms with Crippen LogP contribution in [0.3, 0.4) is 0 Å². The molecule has 33 heavy (non-hydrogen) atoms. The van der Waals surface area contributed by atoms with Crippen molar-refractivity contribution in [1.82, 2.24) is 9.99 Å². The second-order valence-electron chi connectivity index (χ2n) is 8.96. The molecule has 2 aromatic rings. The van der Waals surface area contributed by atoms with E-state index in [1.165, 1.54) is 40.9 Å². The molecule has 0 saturated carbocycles. The van der Waals surface area contributed by atoms with Gasteiger partial charge >= 0.3 is 0 Å². The predicted molar refractivity (Wildman–Crippen MR) is 147 cm³/mol. The number of aryl methyl sites for hydroxylation is 4. The van der Waals surface area contributed by atoms with Crippen molar-refractivity contribution in [2.24, 2.45) is 5.10 Å². The van der Waals surface area contributed by atoms with E-state index < -0.39 is 0 Å². The molecular formula is C29H41N3S. The summed E-state index contributed by atoms with van der Waals surface area (Å²) in [5.74, 6) is 0.317. The van der Waals surface area contributed by atoms with Crippen molar-refractivity contribution in [3.8, 4) is 0 Å². The summed E-state index contributed by atoms with van der Waals surface area (Å²) in [7, 11) is 2.04. The van der Waals surface area contributed by atoms with Crippen LogP contribution < -0.4 is 0 Å². The molecule has 1 atom stereocenters. The van der Waals surface area contributed by atoms with Gasteiger partial charge in [0.05, 0.1) is 5.71 Å². The maximum atomic E-state index is 4.84. The van der Waals surface area contributed by atoms with Gasteiger partial charge in [-0.1, -0.05) is 38.1 Å². The molecule has 1 heterocycles. The van der Waals surface area contributed by atoms with Crippen molar-refractivity contribution in [3.05, 3.63) is 83.7 Å². The third kappa shape index (κ3) is 9.21. The van der Waals surface area contributed by atoms with E-state index in [0.29, 0.717) is 5.92 Å². The van der Waals surface area contributed by atoms with Crippen LogP contribution in [0.15, 0.2) is 65.6 Å². The number of thiol groups is 1. The van der Waals surface area contributed by atoms with Gasteiger partial charge in [-0.2, -0.15) is 5.10 Å². The number of hydrogen-bond acceptors (Lipinski definition) is 4. The Morgan fingerprint density at radius 2 is 1.94 bits per heavy atom. The number of unbranched alkanes of at least 4 members (excludes halogenated alkanes) is 1. The van der Waals surface area contributed by atoms with Crippen LogP contribution in [0.4, 0.5) is 0 Å². The SMILES string of the molecule is C=CCC(C/C(C=C)=N/N(C)CCCc1ccc(CCCC)c(C)n1)c1cc(C)cc(S)c1. The first kappa shape index (κ1) is 26.9. The Labute approximate surface area is 207 Å². The summed E-state index contributed by atoms with van der Waals surface area (Å²) in [6.45, 7) is 15.3. The predicted octanol–water partition coefficient (Wildman–Crippen LogP) is 7.49. The molecule has 0 spiro atoms. The molecule has 0 fully saturated rings. The highest BCUT2D eigenvalue weighted by atomic mass is 32.1. The normalized spacial score (nSPS) is 12.5. The van der Waals surface area contributed by atoms with Crippen LogP contribution >= 0.6 is 12.6 Å². The fourth-order valence-corrected chi connectivity index (χ4v) is 4.51. The molecule has 3 nitrogen and oxygen atoms in total. The molecule has 0 saturated heterocycles. The second-order valence-corrected chi connectivity index (χ2v) is 9.47. The van der Waals surface area contributed by atoms with E-state index >= 15 is 0 Å². The van der Waals surface area contributed by atoms with Crippen LogP contribution in [0, 0.1) is 13.8 Å². The number of hydrogen-bond donors (Lipinski definition) is 1. The van der Waals surface area contributed by atoms with Crippen molar-refractivity contribution < 1.29 is 0 Å². The average molecular weight is 464 g/mol. The topological polar surface area (TPSA) is 28.5 Å². The molecule has 0 radical (unpaired) electrons. The van der Waals surface area contributed by atoms with E-state index in [1.807, 2.05) is 24.2 Å². The Bertz CT molecular complexity index is 928. The van der Waals surface area contributed by atoms with Crippen molar-refractivity contribution in [2.45, 2.75) is 76.5 Å². The highest BCUT2D eigenvalue weighted by Crippen LogP contribution is 2.28.